The highest BCUT2D eigenvalue weighted by atomic mass is 16.6. The molecule has 0 atom stereocenters. The molecule has 0 aliphatic carbocycles. The Morgan fingerprint density at radius 1 is 1.36 bits per heavy atom. The third kappa shape index (κ3) is 3.49. The van der Waals surface area contributed by atoms with Gasteiger partial charge in [0.15, 0.2) is 0 Å². The summed E-state index contributed by atoms with van der Waals surface area (Å²) in [6, 6.07) is 6.20. The van der Waals surface area contributed by atoms with E-state index < -0.39 is 4.92 Å². The molecule has 22 heavy (non-hydrogen) atoms. The van der Waals surface area contributed by atoms with Crippen LogP contribution < -0.4 is 0 Å². The molecule has 0 saturated heterocycles. The Bertz CT molecular complexity index is 635. The monoisotopic (exact) mass is 303 g/mol. The molecular weight excluding hydrogens is 286 g/mol. The Hall–Kier alpha value is -2.70. The Morgan fingerprint density at radius 2 is 2.05 bits per heavy atom. The summed E-state index contributed by atoms with van der Waals surface area (Å²) in [7, 11) is 1.60. The molecule has 0 aromatic heterocycles. The van der Waals surface area contributed by atoms with Crippen molar-refractivity contribution < 1.29 is 14.5 Å². The lowest BCUT2D eigenvalue weighted by Crippen LogP contribution is -2.29. The molecule has 0 spiro atoms. The number of benzene rings is 1. The SMILES string of the molecule is CCCCOC1=N/C(=C\c2ccc([N+](=O)[O-])cc2)C(=O)N1C. The number of unbranched alkanes of at least 4 members (excludes halogenated alkanes) is 1. The summed E-state index contributed by atoms with van der Waals surface area (Å²) in [6.07, 6.45) is 3.47. The fourth-order valence-electron chi connectivity index (χ4n) is 1.87. The minimum Gasteiger partial charge on any atom is -0.465 e. The number of amidine groups is 1. The van der Waals surface area contributed by atoms with Gasteiger partial charge in [-0.15, -0.1) is 0 Å². The zero-order chi connectivity index (χ0) is 16.1. The summed E-state index contributed by atoms with van der Waals surface area (Å²) in [4.78, 5) is 27.8. The fraction of sp³-hybridized carbons (Fsp3) is 0.333. The fourth-order valence-corrected chi connectivity index (χ4v) is 1.87. The van der Waals surface area contributed by atoms with Crippen LogP contribution >= 0.6 is 0 Å². The summed E-state index contributed by atoms with van der Waals surface area (Å²) >= 11 is 0. The lowest BCUT2D eigenvalue weighted by atomic mass is 10.2. The zero-order valence-electron chi connectivity index (χ0n) is 12.5. The maximum Gasteiger partial charge on any atom is 0.299 e. The van der Waals surface area contributed by atoms with E-state index in [9.17, 15) is 14.9 Å². The van der Waals surface area contributed by atoms with Crippen molar-refractivity contribution in [2.45, 2.75) is 19.8 Å². The molecule has 2 rings (SSSR count). The van der Waals surface area contributed by atoms with Crippen LogP contribution in [0.3, 0.4) is 0 Å². The highest BCUT2D eigenvalue weighted by Gasteiger charge is 2.28. The second-order valence-corrected chi connectivity index (χ2v) is 4.84. The van der Waals surface area contributed by atoms with E-state index in [1.807, 2.05) is 0 Å². The van der Waals surface area contributed by atoms with Crippen LogP contribution in [0.5, 0.6) is 0 Å². The van der Waals surface area contributed by atoms with Gasteiger partial charge >= 0.3 is 0 Å². The molecule has 1 heterocycles. The average Bonchev–Trinajstić information content (AvgIpc) is 2.76. The van der Waals surface area contributed by atoms with Gasteiger partial charge in [-0.3, -0.25) is 19.8 Å². The molecule has 7 heteroatoms. The van der Waals surface area contributed by atoms with Gasteiger partial charge in [-0.2, -0.15) is 4.99 Å². The lowest BCUT2D eigenvalue weighted by Gasteiger charge is -2.11. The van der Waals surface area contributed by atoms with Gasteiger partial charge in [-0.1, -0.05) is 13.3 Å². The van der Waals surface area contributed by atoms with Gasteiger partial charge in [0.05, 0.1) is 11.5 Å². The smallest absolute Gasteiger partial charge is 0.299 e. The average molecular weight is 303 g/mol. The van der Waals surface area contributed by atoms with E-state index in [1.54, 1.807) is 25.3 Å². The largest absolute Gasteiger partial charge is 0.465 e. The summed E-state index contributed by atoms with van der Waals surface area (Å²) in [5.41, 5.74) is 0.924. The number of amides is 1. The van der Waals surface area contributed by atoms with E-state index in [1.165, 1.54) is 17.0 Å². The van der Waals surface area contributed by atoms with Gasteiger partial charge in [0.1, 0.15) is 5.70 Å². The Balaban J connectivity index is 2.16. The van der Waals surface area contributed by atoms with Crippen LogP contribution in [-0.2, 0) is 9.53 Å². The van der Waals surface area contributed by atoms with Crippen LogP contribution in [0, 0.1) is 10.1 Å². The third-order valence-corrected chi connectivity index (χ3v) is 3.16. The van der Waals surface area contributed by atoms with Gasteiger partial charge < -0.3 is 4.74 Å². The number of nitro benzene ring substituents is 1. The first-order valence-corrected chi connectivity index (χ1v) is 6.98. The van der Waals surface area contributed by atoms with Crippen molar-refractivity contribution >= 4 is 23.7 Å². The van der Waals surface area contributed by atoms with Gasteiger partial charge in [0.2, 0.25) is 0 Å². The third-order valence-electron chi connectivity index (χ3n) is 3.16. The minimum atomic E-state index is -0.469. The normalized spacial score (nSPS) is 16.1. The molecule has 1 aliphatic heterocycles. The van der Waals surface area contributed by atoms with Crippen molar-refractivity contribution in [2.24, 2.45) is 4.99 Å². The highest BCUT2D eigenvalue weighted by Crippen LogP contribution is 2.19. The van der Waals surface area contributed by atoms with Crippen LogP contribution in [0.1, 0.15) is 25.3 Å². The maximum atomic E-state index is 12.1. The van der Waals surface area contributed by atoms with Crippen molar-refractivity contribution in [1.82, 2.24) is 4.90 Å². The van der Waals surface area contributed by atoms with Crippen LogP contribution in [-0.4, -0.2) is 35.4 Å². The summed E-state index contributed by atoms with van der Waals surface area (Å²) in [5, 5.41) is 10.6. The number of nitro groups is 1. The summed E-state index contributed by atoms with van der Waals surface area (Å²) in [5.74, 6) is -0.259. The van der Waals surface area contributed by atoms with Crippen LogP contribution in [0.2, 0.25) is 0 Å². The summed E-state index contributed by atoms with van der Waals surface area (Å²) < 4.78 is 5.47. The molecule has 0 saturated carbocycles. The predicted octanol–water partition coefficient (Wildman–Crippen LogP) is 2.58. The lowest BCUT2D eigenvalue weighted by molar-refractivity contribution is -0.384. The molecule has 0 unspecified atom stereocenters. The van der Waals surface area contributed by atoms with E-state index in [-0.39, 0.29) is 23.3 Å². The topological polar surface area (TPSA) is 85.0 Å². The first-order valence-electron chi connectivity index (χ1n) is 6.98. The molecule has 116 valence electrons. The molecule has 0 fully saturated rings. The molecule has 1 aliphatic rings. The molecule has 1 amide bonds. The molecule has 7 nitrogen and oxygen atoms in total. The number of non-ortho nitro benzene ring substituents is 1. The van der Waals surface area contributed by atoms with E-state index in [4.69, 9.17) is 4.74 Å². The van der Waals surface area contributed by atoms with Crippen molar-refractivity contribution in [3.8, 4) is 0 Å². The van der Waals surface area contributed by atoms with Crippen molar-refractivity contribution in [2.75, 3.05) is 13.7 Å². The maximum absolute atomic E-state index is 12.1. The Kier molecular flexibility index (Phi) is 4.88. The number of hydrogen-bond acceptors (Lipinski definition) is 5. The van der Waals surface area contributed by atoms with Gasteiger partial charge in [-0.05, 0) is 30.2 Å². The number of ether oxygens (including phenoxy) is 1. The number of nitrogens with zero attached hydrogens (tertiary/aromatic N) is 3. The quantitative estimate of drug-likeness (QED) is 0.362. The molecule has 0 radical (unpaired) electrons. The van der Waals surface area contributed by atoms with E-state index in [2.05, 4.69) is 11.9 Å². The highest BCUT2D eigenvalue weighted by molar-refractivity contribution is 6.11. The first kappa shape index (κ1) is 15.7. The van der Waals surface area contributed by atoms with Gasteiger partial charge in [0.25, 0.3) is 17.6 Å². The second kappa shape index (κ2) is 6.84. The van der Waals surface area contributed by atoms with Crippen molar-refractivity contribution in [3.05, 3.63) is 45.6 Å². The minimum absolute atomic E-state index is 0.00380. The second-order valence-electron chi connectivity index (χ2n) is 4.84. The molecule has 0 bridgehead atoms. The number of carbonyl (C=O) groups excluding carboxylic acids is 1. The molecule has 1 aromatic carbocycles. The summed E-state index contributed by atoms with van der Waals surface area (Å²) in [6.45, 7) is 2.56. The van der Waals surface area contributed by atoms with Crippen LogP contribution in [0.4, 0.5) is 5.69 Å². The van der Waals surface area contributed by atoms with E-state index >= 15 is 0 Å². The van der Waals surface area contributed by atoms with Crippen LogP contribution in [0.25, 0.3) is 6.08 Å². The van der Waals surface area contributed by atoms with E-state index in [0.29, 0.717) is 12.2 Å². The Labute approximate surface area is 128 Å². The van der Waals surface area contributed by atoms with Crippen molar-refractivity contribution in [1.29, 1.82) is 0 Å². The number of aliphatic imine (C=N–C) groups is 1. The van der Waals surface area contributed by atoms with Gasteiger partial charge in [0, 0.05) is 19.2 Å². The van der Waals surface area contributed by atoms with Gasteiger partial charge in [-0.25, -0.2) is 0 Å². The molecular formula is C15H17N3O4. The number of carbonyl (C=O) groups is 1. The number of hydrogen-bond donors (Lipinski definition) is 0. The molecule has 0 N–H and O–H groups in total. The standard InChI is InChI=1S/C15H17N3O4/c1-3-4-9-22-15-16-13(14(19)17(15)2)10-11-5-7-12(8-6-11)18(20)21/h5-8,10H,3-4,9H2,1-2H3/b13-10-. The molecule has 1 aromatic rings. The first-order chi connectivity index (χ1) is 10.5. The van der Waals surface area contributed by atoms with Crippen LogP contribution in [0.15, 0.2) is 35.0 Å². The zero-order valence-corrected chi connectivity index (χ0v) is 12.5. The number of rotatable bonds is 5. The van der Waals surface area contributed by atoms with Crippen molar-refractivity contribution in [3.63, 3.8) is 0 Å². The van der Waals surface area contributed by atoms with E-state index in [0.717, 1.165) is 12.8 Å². The number of likely N-dealkylation sites (N-methyl/N-ethyl adjacent to an activating group) is 1. The Morgan fingerprint density at radius 3 is 2.64 bits per heavy atom. The predicted molar refractivity (Wildman–Crippen MR) is 82.1 cm³/mol.